The predicted octanol–water partition coefficient (Wildman–Crippen LogP) is 2.44. The van der Waals surface area contributed by atoms with Crippen molar-refractivity contribution in [2.24, 2.45) is 0 Å². The van der Waals surface area contributed by atoms with E-state index in [1.54, 1.807) is 0 Å². The van der Waals surface area contributed by atoms with Crippen molar-refractivity contribution in [3.05, 3.63) is 29.8 Å². The van der Waals surface area contributed by atoms with E-state index in [0.29, 0.717) is 13.1 Å². The monoisotopic (exact) mass is 288 g/mol. The second kappa shape index (κ2) is 4.73. The highest BCUT2D eigenvalue weighted by atomic mass is 16.5. The molecule has 114 valence electrons. The number of para-hydroxylation sites is 1. The van der Waals surface area contributed by atoms with E-state index in [4.69, 9.17) is 4.74 Å². The van der Waals surface area contributed by atoms with Crippen molar-refractivity contribution in [2.75, 3.05) is 18.4 Å². The number of rotatable bonds is 1. The Morgan fingerprint density at radius 2 is 1.81 bits per heavy atom. The van der Waals surface area contributed by atoms with Crippen molar-refractivity contribution in [3.63, 3.8) is 0 Å². The average molecular weight is 288 g/mol. The van der Waals surface area contributed by atoms with E-state index in [0.717, 1.165) is 12.1 Å². The van der Waals surface area contributed by atoms with Crippen LogP contribution in [-0.2, 0) is 16.0 Å². The summed E-state index contributed by atoms with van der Waals surface area (Å²) in [5.41, 5.74) is 1.71. The Bertz CT molecular complexity index is 525. The summed E-state index contributed by atoms with van der Waals surface area (Å²) in [6.07, 6.45) is 0.771. The molecule has 0 saturated carbocycles. The number of amides is 1. The summed E-state index contributed by atoms with van der Waals surface area (Å²) in [5.74, 6) is 0.177. The van der Waals surface area contributed by atoms with E-state index in [1.807, 2.05) is 50.8 Å². The Morgan fingerprint density at radius 1 is 1.19 bits per heavy atom. The van der Waals surface area contributed by atoms with Gasteiger partial charge in [0, 0.05) is 25.2 Å². The molecular formula is C17H24N2O2. The van der Waals surface area contributed by atoms with Gasteiger partial charge in [-0.25, -0.2) is 0 Å². The van der Waals surface area contributed by atoms with Crippen LogP contribution in [0.2, 0.25) is 0 Å². The molecule has 4 nitrogen and oxygen atoms in total. The van der Waals surface area contributed by atoms with E-state index < -0.39 is 0 Å². The molecule has 21 heavy (non-hydrogen) atoms. The number of nitrogens with one attached hydrogen (secondary N) is 1. The minimum Gasteiger partial charge on any atom is -0.373 e. The first kappa shape index (κ1) is 14.4. The summed E-state index contributed by atoms with van der Waals surface area (Å²) in [6, 6.07) is 8.00. The van der Waals surface area contributed by atoms with Crippen LogP contribution >= 0.6 is 0 Å². The summed E-state index contributed by atoms with van der Waals surface area (Å²) in [5, 5.41) is 3.35. The first-order valence-electron chi connectivity index (χ1n) is 7.59. The van der Waals surface area contributed by atoms with Gasteiger partial charge in [0.1, 0.15) is 6.04 Å². The number of morpholine rings is 1. The Morgan fingerprint density at radius 3 is 2.43 bits per heavy atom. The molecular weight excluding hydrogens is 264 g/mol. The standard InChI is InChI=1S/C17H24N2O2/c1-16(2)10-19(11-17(3,4)21-16)15(20)14-9-12-7-5-6-8-13(12)18-14/h5-8,14,18H,9-11H2,1-4H3/t14-/m0/s1. The zero-order chi connectivity index (χ0) is 15.3. The quantitative estimate of drug-likeness (QED) is 0.863. The van der Waals surface area contributed by atoms with Gasteiger partial charge >= 0.3 is 0 Å². The zero-order valence-corrected chi connectivity index (χ0v) is 13.3. The van der Waals surface area contributed by atoms with E-state index in [9.17, 15) is 4.79 Å². The van der Waals surface area contributed by atoms with Gasteiger partial charge in [-0.3, -0.25) is 4.79 Å². The molecule has 0 bridgehead atoms. The van der Waals surface area contributed by atoms with Crippen molar-refractivity contribution >= 4 is 11.6 Å². The third kappa shape index (κ3) is 2.91. The van der Waals surface area contributed by atoms with E-state index in [2.05, 4.69) is 11.4 Å². The second-order valence-electron chi connectivity index (χ2n) is 7.37. The number of ether oxygens (including phenoxy) is 1. The van der Waals surface area contributed by atoms with Crippen molar-refractivity contribution < 1.29 is 9.53 Å². The van der Waals surface area contributed by atoms with Gasteiger partial charge in [0.25, 0.3) is 0 Å². The predicted molar refractivity (Wildman–Crippen MR) is 83.4 cm³/mol. The molecule has 1 amide bonds. The number of hydrogen-bond donors (Lipinski definition) is 1. The van der Waals surface area contributed by atoms with E-state index in [-0.39, 0.29) is 23.2 Å². The molecule has 1 atom stereocenters. The Hall–Kier alpha value is -1.55. The van der Waals surface area contributed by atoms with Gasteiger partial charge < -0.3 is 15.0 Å². The fourth-order valence-corrected chi connectivity index (χ4v) is 3.61. The van der Waals surface area contributed by atoms with Crippen molar-refractivity contribution in [2.45, 2.75) is 51.4 Å². The lowest BCUT2D eigenvalue weighted by Gasteiger charge is -2.47. The molecule has 0 aromatic heterocycles. The molecule has 1 N–H and O–H groups in total. The van der Waals surface area contributed by atoms with Crippen LogP contribution in [0.3, 0.4) is 0 Å². The number of fused-ring (bicyclic) bond motifs is 1. The molecule has 1 aromatic carbocycles. The third-order valence-corrected chi connectivity index (χ3v) is 4.08. The molecule has 2 aliphatic heterocycles. The molecule has 2 aliphatic rings. The minimum absolute atomic E-state index is 0.146. The summed E-state index contributed by atoms with van der Waals surface area (Å²) >= 11 is 0. The fourth-order valence-electron chi connectivity index (χ4n) is 3.61. The van der Waals surface area contributed by atoms with E-state index >= 15 is 0 Å². The summed E-state index contributed by atoms with van der Waals surface area (Å²) in [7, 11) is 0. The first-order valence-corrected chi connectivity index (χ1v) is 7.59. The van der Waals surface area contributed by atoms with Crippen LogP contribution in [0.1, 0.15) is 33.3 Å². The topological polar surface area (TPSA) is 41.6 Å². The normalized spacial score (nSPS) is 26.1. The van der Waals surface area contributed by atoms with Crippen molar-refractivity contribution in [3.8, 4) is 0 Å². The smallest absolute Gasteiger partial charge is 0.245 e. The van der Waals surface area contributed by atoms with Crippen LogP contribution in [0.25, 0.3) is 0 Å². The molecule has 3 rings (SSSR count). The molecule has 0 radical (unpaired) electrons. The maximum atomic E-state index is 12.9. The number of carbonyl (C=O) groups is 1. The molecule has 2 heterocycles. The highest BCUT2D eigenvalue weighted by Gasteiger charge is 2.42. The van der Waals surface area contributed by atoms with Gasteiger partial charge in [-0.2, -0.15) is 0 Å². The highest BCUT2D eigenvalue weighted by Crippen LogP contribution is 2.31. The van der Waals surface area contributed by atoms with Crippen molar-refractivity contribution in [1.82, 2.24) is 4.90 Å². The number of benzene rings is 1. The Balaban J connectivity index is 1.75. The number of nitrogens with zero attached hydrogens (tertiary/aromatic N) is 1. The maximum Gasteiger partial charge on any atom is 0.245 e. The third-order valence-electron chi connectivity index (χ3n) is 4.08. The van der Waals surface area contributed by atoms with Crippen LogP contribution in [0.15, 0.2) is 24.3 Å². The van der Waals surface area contributed by atoms with Crippen LogP contribution in [0, 0.1) is 0 Å². The lowest BCUT2D eigenvalue weighted by atomic mass is 9.98. The molecule has 0 unspecified atom stereocenters. The van der Waals surface area contributed by atoms with Gasteiger partial charge in [0.15, 0.2) is 0 Å². The largest absolute Gasteiger partial charge is 0.373 e. The van der Waals surface area contributed by atoms with Gasteiger partial charge in [0.05, 0.1) is 11.2 Å². The van der Waals surface area contributed by atoms with Gasteiger partial charge in [-0.15, -0.1) is 0 Å². The van der Waals surface area contributed by atoms with Crippen LogP contribution < -0.4 is 5.32 Å². The Kier molecular flexibility index (Phi) is 3.24. The summed E-state index contributed by atoms with van der Waals surface area (Å²) in [6.45, 7) is 9.47. The Labute approximate surface area is 126 Å². The molecule has 1 fully saturated rings. The van der Waals surface area contributed by atoms with E-state index in [1.165, 1.54) is 5.56 Å². The molecule has 1 saturated heterocycles. The lowest BCUT2D eigenvalue weighted by Crippen LogP contribution is -2.60. The second-order valence-corrected chi connectivity index (χ2v) is 7.37. The zero-order valence-electron chi connectivity index (χ0n) is 13.3. The average Bonchev–Trinajstić information content (AvgIpc) is 2.77. The van der Waals surface area contributed by atoms with Crippen LogP contribution in [0.4, 0.5) is 5.69 Å². The number of anilines is 1. The van der Waals surface area contributed by atoms with Crippen LogP contribution in [0.5, 0.6) is 0 Å². The summed E-state index contributed by atoms with van der Waals surface area (Å²) in [4.78, 5) is 14.8. The summed E-state index contributed by atoms with van der Waals surface area (Å²) < 4.78 is 6.05. The minimum atomic E-state index is -0.303. The fraction of sp³-hybridized carbons (Fsp3) is 0.588. The molecule has 0 spiro atoms. The van der Waals surface area contributed by atoms with Gasteiger partial charge in [0.2, 0.25) is 5.91 Å². The SMILES string of the molecule is CC1(C)CN(C(=O)[C@@H]2Cc3ccccc3N2)CC(C)(C)O1. The van der Waals surface area contributed by atoms with Gasteiger partial charge in [-0.1, -0.05) is 18.2 Å². The van der Waals surface area contributed by atoms with Crippen molar-refractivity contribution in [1.29, 1.82) is 0 Å². The first-order chi connectivity index (χ1) is 9.76. The number of carbonyl (C=O) groups excluding carboxylic acids is 1. The maximum absolute atomic E-state index is 12.9. The highest BCUT2D eigenvalue weighted by molar-refractivity contribution is 5.87. The lowest BCUT2D eigenvalue weighted by molar-refractivity contribution is -0.188. The molecule has 1 aromatic rings. The molecule has 0 aliphatic carbocycles. The van der Waals surface area contributed by atoms with Crippen LogP contribution in [-0.4, -0.2) is 41.1 Å². The van der Waals surface area contributed by atoms with Gasteiger partial charge in [-0.05, 0) is 39.3 Å². The number of hydrogen-bond acceptors (Lipinski definition) is 3. The molecule has 4 heteroatoms.